The van der Waals surface area contributed by atoms with Gasteiger partial charge in [0.15, 0.2) is 12.2 Å². The van der Waals surface area contributed by atoms with E-state index in [0.717, 1.165) is 27.7 Å². The number of rotatable bonds is 8. The molecule has 0 unspecified atom stereocenters. The molecular formula is C41H49NO14. The number of aliphatic hydroxyl groups is 2. The Kier molecular flexibility index (Phi) is 13.3. The molecule has 4 rings (SSSR count). The second-order valence-electron chi connectivity index (χ2n) is 15.1. The van der Waals surface area contributed by atoms with Gasteiger partial charge in [-0.15, -0.1) is 0 Å². The first kappa shape index (κ1) is 43.3. The topological polar surface area (TPSA) is 211 Å². The van der Waals surface area contributed by atoms with Crippen LogP contribution in [0.5, 0.6) is 0 Å². The van der Waals surface area contributed by atoms with Gasteiger partial charge in [-0.25, -0.2) is 9.59 Å². The first-order valence-corrected chi connectivity index (χ1v) is 18.0. The zero-order chi connectivity index (χ0) is 41.7. The van der Waals surface area contributed by atoms with Crippen LogP contribution in [-0.4, -0.2) is 98.8 Å². The summed E-state index contributed by atoms with van der Waals surface area (Å²) in [6.07, 6.45) is -5.06. The standard InChI is InChI=1S/C41H49NO14/c1-22-17-18-39(7,8)36(55-38(49)29-16-13-19-42-20-29)31(47)33(52-25(4)44)23(2)32(51-24(3)43)30-35(54-37(48)28-14-11-10-12-15-28)40(9,56-27(6)46)21-41(30,50)34(22)53-26(5)45/h10-20,22,30-36,47,50H,2,21H2,1,3-9H3/t22-,30-,31+,32-,33+,34-,35+,36+,40+,41+/m0/s1. The van der Waals surface area contributed by atoms with Gasteiger partial charge in [0.1, 0.15) is 35.6 Å². The first-order valence-electron chi connectivity index (χ1n) is 18.0. The zero-order valence-corrected chi connectivity index (χ0v) is 32.6. The van der Waals surface area contributed by atoms with Crippen LogP contribution in [0, 0.1) is 17.3 Å². The molecule has 2 aliphatic rings. The van der Waals surface area contributed by atoms with Crippen molar-refractivity contribution in [3.63, 3.8) is 0 Å². The molecule has 0 amide bonds. The monoisotopic (exact) mass is 779 g/mol. The van der Waals surface area contributed by atoms with Gasteiger partial charge < -0.3 is 38.6 Å². The van der Waals surface area contributed by atoms with Crippen molar-refractivity contribution in [2.24, 2.45) is 17.3 Å². The van der Waals surface area contributed by atoms with E-state index < -0.39 is 107 Å². The Morgan fingerprint density at radius 2 is 1.29 bits per heavy atom. The fourth-order valence-corrected chi connectivity index (χ4v) is 7.70. The van der Waals surface area contributed by atoms with Gasteiger partial charge in [0.2, 0.25) is 0 Å². The van der Waals surface area contributed by atoms with Crippen molar-refractivity contribution in [1.82, 2.24) is 4.98 Å². The maximum atomic E-state index is 13.8. The van der Waals surface area contributed by atoms with Crippen molar-refractivity contribution in [2.45, 2.75) is 110 Å². The number of aliphatic hydroxyl groups excluding tert-OH is 1. The van der Waals surface area contributed by atoms with E-state index in [-0.39, 0.29) is 16.7 Å². The molecule has 15 heteroatoms. The molecule has 1 aromatic heterocycles. The molecule has 56 heavy (non-hydrogen) atoms. The van der Waals surface area contributed by atoms with Crippen molar-refractivity contribution in [2.75, 3.05) is 0 Å². The van der Waals surface area contributed by atoms with Gasteiger partial charge in [-0.05, 0) is 31.2 Å². The highest BCUT2D eigenvalue weighted by Gasteiger charge is 2.70. The average Bonchev–Trinajstić information content (AvgIpc) is 3.33. The summed E-state index contributed by atoms with van der Waals surface area (Å²) < 4.78 is 35.3. The summed E-state index contributed by atoms with van der Waals surface area (Å²) in [6, 6.07) is 10.7. The Labute approximate surface area is 325 Å². The van der Waals surface area contributed by atoms with Gasteiger partial charge in [-0.1, -0.05) is 57.7 Å². The highest BCUT2D eigenvalue weighted by Crippen LogP contribution is 2.54. The Hall–Kier alpha value is -5.41. The second-order valence-corrected chi connectivity index (χ2v) is 15.1. The molecule has 302 valence electrons. The van der Waals surface area contributed by atoms with Crippen molar-refractivity contribution < 1.29 is 67.4 Å². The fraction of sp³-hybridized carbons (Fsp3) is 0.488. The van der Waals surface area contributed by atoms with E-state index >= 15 is 0 Å². The normalized spacial score (nSPS) is 31.3. The quantitative estimate of drug-likeness (QED) is 0.221. The number of carbonyl (C=O) groups excluding carboxylic acids is 6. The predicted molar refractivity (Wildman–Crippen MR) is 196 cm³/mol. The van der Waals surface area contributed by atoms with Gasteiger partial charge in [0.25, 0.3) is 0 Å². The molecule has 2 aliphatic carbocycles. The van der Waals surface area contributed by atoms with E-state index in [9.17, 15) is 39.0 Å². The minimum Gasteiger partial charge on any atom is -0.459 e. The van der Waals surface area contributed by atoms with Crippen LogP contribution in [0.1, 0.15) is 82.5 Å². The van der Waals surface area contributed by atoms with Crippen LogP contribution in [0.4, 0.5) is 0 Å². The van der Waals surface area contributed by atoms with E-state index in [4.69, 9.17) is 28.4 Å². The first-order chi connectivity index (χ1) is 26.1. The third-order valence-electron chi connectivity index (χ3n) is 9.98. The van der Waals surface area contributed by atoms with E-state index in [1.54, 1.807) is 51.1 Å². The molecule has 2 N–H and O–H groups in total. The number of benzene rings is 1. The molecule has 1 aromatic carbocycles. The number of ether oxygens (including phenoxy) is 6. The summed E-state index contributed by atoms with van der Waals surface area (Å²) in [5.74, 6) is -7.97. The van der Waals surface area contributed by atoms with Crippen molar-refractivity contribution in [3.05, 3.63) is 90.3 Å². The van der Waals surface area contributed by atoms with Gasteiger partial charge in [0, 0.05) is 63.4 Å². The van der Waals surface area contributed by atoms with Crippen molar-refractivity contribution in [3.8, 4) is 0 Å². The summed E-state index contributed by atoms with van der Waals surface area (Å²) in [5, 5.41) is 25.4. The second kappa shape index (κ2) is 17.2. The van der Waals surface area contributed by atoms with E-state index in [0.29, 0.717) is 0 Å². The minimum atomic E-state index is -2.38. The van der Waals surface area contributed by atoms with Crippen LogP contribution in [0.25, 0.3) is 0 Å². The predicted octanol–water partition coefficient (Wildman–Crippen LogP) is 3.85. The summed E-state index contributed by atoms with van der Waals surface area (Å²) in [5.41, 5.74) is -5.82. The number of pyridine rings is 1. The lowest BCUT2D eigenvalue weighted by molar-refractivity contribution is -0.193. The molecule has 1 heterocycles. The smallest absolute Gasteiger partial charge is 0.340 e. The molecule has 2 aromatic rings. The SMILES string of the molecule is C=C1[C@@H](OC(C)=O)[C@@H](O)[C@@H](OC(=O)c2cccnc2)C(C)(C)C=C[C@H](C)[C@H](OC(C)=O)[C@@]2(O)C[C@@](C)(OC(C)=O)[C@H](OC(=O)c3ccccc3)[C@@H]2[C@H]1OC(C)=O. The number of hydrogen-bond acceptors (Lipinski definition) is 15. The molecule has 15 nitrogen and oxygen atoms in total. The maximum absolute atomic E-state index is 13.8. The molecule has 10 atom stereocenters. The van der Waals surface area contributed by atoms with Gasteiger partial charge in [-0.2, -0.15) is 0 Å². The molecule has 1 fully saturated rings. The van der Waals surface area contributed by atoms with Crippen LogP contribution in [0.15, 0.2) is 79.2 Å². The molecule has 0 spiro atoms. The molecule has 0 radical (unpaired) electrons. The van der Waals surface area contributed by atoms with Crippen LogP contribution in [0.3, 0.4) is 0 Å². The highest BCUT2D eigenvalue weighted by atomic mass is 16.6. The largest absolute Gasteiger partial charge is 0.459 e. The Bertz CT molecular complexity index is 1840. The summed E-state index contributed by atoms with van der Waals surface area (Å²) >= 11 is 0. The van der Waals surface area contributed by atoms with Crippen molar-refractivity contribution in [1.29, 1.82) is 0 Å². The summed E-state index contributed by atoms with van der Waals surface area (Å²) in [6.45, 7) is 14.7. The van der Waals surface area contributed by atoms with E-state index in [1.807, 2.05) is 0 Å². The van der Waals surface area contributed by atoms with Crippen LogP contribution < -0.4 is 0 Å². The van der Waals surface area contributed by atoms with Gasteiger partial charge >= 0.3 is 35.8 Å². The van der Waals surface area contributed by atoms with Crippen LogP contribution in [0.2, 0.25) is 0 Å². The third-order valence-corrected chi connectivity index (χ3v) is 9.98. The summed E-state index contributed by atoms with van der Waals surface area (Å²) in [4.78, 5) is 82.7. The average molecular weight is 780 g/mol. The number of hydrogen-bond donors (Lipinski definition) is 2. The number of nitrogens with zero attached hydrogens (tertiary/aromatic N) is 1. The number of fused-ring (bicyclic) bond motifs is 1. The lowest BCUT2D eigenvalue weighted by Crippen LogP contribution is -2.59. The van der Waals surface area contributed by atoms with Crippen LogP contribution >= 0.6 is 0 Å². The lowest BCUT2D eigenvalue weighted by atomic mass is 9.71. The molecule has 1 saturated carbocycles. The maximum Gasteiger partial charge on any atom is 0.340 e. The Morgan fingerprint density at radius 3 is 1.84 bits per heavy atom. The lowest BCUT2D eigenvalue weighted by Gasteiger charge is -2.45. The number of carbonyl (C=O) groups is 6. The van der Waals surface area contributed by atoms with Crippen LogP contribution in [-0.2, 0) is 47.6 Å². The van der Waals surface area contributed by atoms with E-state index in [2.05, 4.69) is 11.6 Å². The molecule has 0 bridgehead atoms. The highest BCUT2D eigenvalue weighted by molar-refractivity contribution is 5.90. The Morgan fingerprint density at radius 1 is 0.732 bits per heavy atom. The third kappa shape index (κ3) is 9.51. The molecule has 0 aliphatic heterocycles. The fourth-order valence-electron chi connectivity index (χ4n) is 7.70. The minimum absolute atomic E-state index is 0.0402. The number of esters is 6. The van der Waals surface area contributed by atoms with Gasteiger partial charge in [-0.3, -0.25) is 24.2 Å². The van der Waals surface area contributed by atoms with Crippen molar-refractivity contribution >= 4 is 35.8 Å². The van der Waals surface area contributed by atoms with E-state index in [1.165, 1.54) is 43.6 Å². The molecular weight excluding hydrogens is 730 g/mol. The van der Waals surface area contributed by atoms with Gasteiger partial charge in [0.05, 0.1) is 17.0 Å². The molecule has 0 saturated heterocycles. The number of aromatic nitrogens is 1. The Balaban J connectivity index is 2.06. The summed E-state index contributed by atoms with van der Waals surface area (Å²) in [7, 11) is 0. The zero-order valence-electron chi connectivity index (χ0n) is 32.6.